The Morgan fingerprint density at radius 1 is 0.926 bits per heavy atom. The third-order valence-electron chi connectivity index (χ3n) is 4.66. The molecule has 1 aliphatic heterocycles. The number of likely N-dealkylation sites (tertiary alicyclic amines) is 1. The fourth-order valence-electron chi connectivity index (χ4n) is 3.09. The summed E-state index contributed by atoms with van der Waals surface area (Å²) in [5, 5.41) is 6.29. The lowest BCUT2D eigenvalue weighted by Gasteiger charge is -2.15. The van der Waals surface area contributed by atoms with Crippen LogP contribution >= 0.6 is 11.6 Å². The summed E-state index contributed by atoms with van der Waals surface area (Å²) in [6.45, 7) is 2.22. The first-order chi connectivity index (χ1) is 13.1. The molecule has 5 nitrogen and oxygen atoms in total. The summed E-state index contributed by atoms with van der Waals surface area (Å²) in [6, 6.07) is 14.7. The first-order valence-corrected chi connectivity index (χ1v) is 9.64. The Hall–Kier alpha value is -2.53. The van der Waals surface area contributed by atoms with Crippen LogP contribution in [-0.2, 0) is 17.8 Å². The monoisotopic (exact) mass is 385 g/mol. The average Bonchev–Trinajstić information content (AvgIpc) is 3.22. The Labute approximate surface area is 164 Å². The number of nitrogens with zero attached hydrogens (tertiary/aromatic N) is 1. The molecule has 27 heavy (non-hydrogen) atoms. The molecule has 1 fully saturated rings. The zero-order valence-corrected chi connectivity index (χ0v) is 16.0. The Balaban J connectivity index is 1.42. The van der Waals surface area contributed by atoms with Crippen LogP contribution < -0.4 is 10.6 Å². The lowest BCUT2D eigenvalue weighted by Crippen LogP contribution is -2.28. The number of benzene rings is 2. The lowest BCUT2D eigenvalue weighted by atomic mass is 10.1. The standard InChI is InChI=1S/C21H24ClN3O2/c22-18-8-3-17(4-9-18)15-23-21(27)24-19-10-5-16(6-11-19)7-12-20(26)25-13-1-2-14-25/h3-6,8-11H,1-2,7,12-15H2,(H2,23,24,27). The van der Waals surface area contributed by atoms with Crippen LogP contribution in [0, 0.1) is 0 Å². The third kappa shape index (κ3) is 6.00. The molecule has 2 aromatic rings. The van der Waals surface area contributed by atoms with Gasteiger partial charge >= 0.3 is 6.03 Å². The molecule has 0 radical (unpaired) electrons. The molecule has 0 aliphatic carbocycles. The fourth-order valence-corrected chi connectivity index (χ4v) is 3.22. The van der Waals surface area contributed by atoms with Crippen molar-refractivity contribution in [2.45, 2.75) is 32.2 Å². The molecular weight excluding hydrogens is 362 g/mol. The average molecular weight is 386 g/mol. The van der Waals surface area contributed by atoms with Crippen molar-refractivity contribution in [3.8, 4) is 0 Å². The van der Waals surface area contributed by atoms with Gasteiger partial charge in [0.15, 0.2) is 0 Å². The number of amides is 3. The summed E-state index contributed by atoms with van der Waals surface area (Å²) in [5.41, 5.74) is 2.79. The fraction of sp³-hybridized carbons (Fsp3) is 0.333. The van der Waals surface area contributed by atoms with Gasteiger partial charge in [0, 0.05) is 36.8 Å². The summed E-state index contributed by atoms with van der Waals surface area (Å²) in [6.07, 6.45) is 3.49. The number of urea groups is 1. The molecule has 142 valence electrons. The lowest BCUT2D eigenvalue weighted by molar-refractivity contribution is -0.130. The Bertz CT molecular complexity index is 769. The van der Waals surface area contributed by atoms with Crippen LogP contribution in [0.25, 0.3) is 0 Å². The van der Waals surface area contributed by atoms with Crippen molar-refractivity contribution in [2.24, 2.45) is 0 Å². The number of carbonyl (C=O) groups excluding carboxylic acids is 2. The highest BCUT2D eigenvalue weighted by molar-refractivity contribution is 6.30. The van der Waals surface area contributed by atoms with E-state index in [0.717, 1.165) is 49.2 Å². The van der Waals surface area contributed by atoms with E-state index in [9.17, 15) is 9.59 Å². The van der Waals surface area contributed by atoms with E-state index in [-0.39, 0.29) is 11.9 Å². The zero-order valence-electron chi connectivity index (χ0n) is 15.2. The smallest absolute Gasteiger partial charge is 0.319 e. The van der Waals surface area contributed by atoms with Gasteiger partial charge in [0.05, 0.1) is 0 Å². The molecule has 2 N–H and O–H groups in total. The molecule has 0 aromatic heterocycles. The molecule has 1 aliphatic rings. The second-order valence-electron chi connectivity index (χ2n) is 6.72. The summed E-state index contributed by atoms with van der Waals surface area (Å²) >= 11 is 5.85. The SMILES string of the molecule is O=C(NCc1ccc(Cl)cc1)Nc1ccc(CCC(=O)N2CCCC2)cc1. The molecular formula is C21H24ClN3O2. The quantitative estimate of drug-likeness (QED) is 0.782. The summed E-state index contributed by atoms with van der Waals surface area (Å²) < 4.78 is 0. The number of halogens is 1. The van der Waals surface area contributed by atoms with Crippen LogP contribution in [0.15, 0.2) is 48.5 Å². The van der Waals surface area contributed by atoms with Gasteiger partial charge in [0.1, 0.15) is 0 Å². The minimum Gasteiger partial charge on any atom is -0.343 e. The molecule has 1 saturated heterocycles. The molecule has 0 atom stereocenters. The van der Waals surface area contributed by atoms with Crippen LogP contribution in [0.2, 0.25) is 5.02 Å². The van der Waals surface area contributed by atoms with Crippen LogP contribution in [0.4, 0.5) is 10.5 Å². The van der Waals surface area contributed by atoms with Crippen molar-refractivity contribution < 1.29 is 9.59 Å². The number of hydrogen-bond donors (Lipinski definition) is 2. The maximum atomic E-state index is 12.1. The highest BCUT2D eigenvalue weighted by atomic mass is 35.5. The number of carbonyl (C=O) groups is 2. The van der Waals surface area contributed by atoms with Gasteiger partial charge in [0.25, 0.3) is 0 Å². The topological polar surface area (TPSA) is 61.4 Å². The third-order valence-corrected chi connectivity index (χ3v) is 4.92. The van der Waals surface area contributed by atoms with E-state index in [0.29, 0.717) is 18.0 Å². The predicted molar refractivity (Wildman–Crippen MR) is 108 cm³/mol. The number of aryl methyl sites for hydroxylation is 1. The molecule has 2 aromatic carbocycles. The van der Waals surface area contributed by atoms with Gasteiger partial charge in [-0.05, 0) is 54.7 Å². The van der Waals surface area contributed by atoms with Gasteiger partial charge in [-0.1, -0.05) is 35.9 Å². The van der Waals surface area contributed by atoms with E-state index in [1.165, 1.54) is 0 Å². The van der Waals surface area contributed by atoms with Crippen molar-refractivity contribution >= 4 is 29.2 Å². The summed E-state index contributed by atoms with van der Waals surface area (Å²) in [4.78, 5) is 26.0. The Kier molecular flexibility index (Phi) is 6.71. The minimum absolute atomic E-state index is 0.233. The zero-order chi connectivity index (χ0) is 19.1. The van der Waals surface area contributed by atoms with E-state index in [4.69, 9.17) is 11.6 Å². The van der Waals surface area contributed by atoms with Gasteiger partial charge in [0.2, 0.25) is 5.91 Å². The second-order valence-corrected chi connectivity index (χ2v) is 7.16. The molecule has 0 unspecified atom stereocenters. The highest BCUT2D eigenvalue weighted by Gasteiger charge is 2.17. The molecule has 0 bridgehead atoms. The van der Waals surface area contributed by atoms with Gasteiger partial charge in [-0.3, -0.25) is 4.79 Å². The van der Waals surface area contributed by atoms with E-state index < -0.39 is 0 Å². The molecule has 3 rings (SSSR count). The highest BCUT2D eigenvalue weighted by Crippen LogP contribution is 2.14. The Morgan fingerprint density at radius 3 is 2.22 bits per heavy atom. The van der Waals surface area contributed by atoms with Crippen molar-refractivity contribution in [3.63, 3.8) is 0 Å². The summed E-state index contributed by atoms with van der Waals surface area (Å²) in [7, 11) is 0. The van der Waals surface area contributed by atoms with Crippen LogP contribution in [0.1, 0.15) is 30.4 Å². The second kappa shape index (κ2) is 9.42. The van der Waals surface area contributed by atoms with Crippen molar-refractivity contribution in [2.75, 3.05) is 18.4 Å². The van der Waals surface area contributed by atoms with Gasteiger partial charge in [-0.25, -0.2) is 4.79 Å². The van der Waals surface area contributed by atoms with Crippen LogP contribution in [0.3, 0.4) is 0 Å². The molecule has 6 heteroatoms. The van der Waals surface area contributed by atoms with Gasteiger partial charge in [-0.15, -0.1) is 0 Å². The first-order valence-electron chi connectivity index (χ1n) is 9.26. The molecule has 0 saturated carbocycles. The van der Waals surface area contributed by atoms with Crippen molar-refractivity contribution in [1.82, 2.24) is 10.2 Å². The largest absolute Gasteiger partial charge is 0.343 e. The van der Waals surface area contributed by atoms with Crippen molar-refractivity contribution in [1.29, 1.82) is 0 Å². The van der Waals surface area contributed by atoms with Crippen LogP contribution in [-0.4, -0.2) is 29.9 Å². The van der Waals surface area contributed by atoms with Gasteiger partial charge < -0.3 is 15.5 Å². The maximum absolute atomic E-state index is 12.1. The number of hydrogen-bond acceptors (Lipinski definition) is 2. The molecule has 1 heterocycles. The molecule has 0 spiro atoms. The first kappa shape index (κ1) is 19.2. The Morgan fingerprint density at radius 2 is 1.56 bits per heavy atom. The maximum Gasteiger partial charge on any atom is 0.319 e. The van der Waals surface area contributed by atoms with Crippen molar-refractivity contribution in [3.05, 3.63) is 64.7 Å². The van der Waals surface area contributed by atoms with E-state index >= 15 is 0 Å². The van der Waals surface area contributed by atoms with E-state index in [2.05, 4.69) is 10.6 Å². The predicted octanol–water partition coefficient (Wildman–Crippen LogP) is 4.22. The number of rotatable bonds is 6. The number of nitrogens with one attached hydrogen (secondary N) is 2. The number of anilines is 1. The van der Waals surface area contributed by atoms with Gasteiger partial charge in [-0.2, -0.15) is 0 Å². The normalized spacial score (nSPS) is 13.4. The van der Waals surface area contributed by atoms with Crippen LogP contribution in [0.5, 0.6) is 0 Å². The molecule has 3 amide bonds. The summed E-state index contributed by atoms with van der Waals surface area (Å²) in [5.74, 6) is 0.233. The minimum atomic E-state index is -0.262. The van der Waals surface area contributed by atoms with E-state index in [1.807, 2.05) is 41.3 Å². The van der Waals surface area contributed by atoms with E-state index in [1.54, 1.807) is 12.1 Å².